The van der Waals surface area contributed by atoms with Crippen molar-refractivity contribution in [1.82, 2.24) is 10.6 Å². The Hall–Kier alpha value is -1.14. The summed E-state index contributed by atoms with van der Waals surface area (Å²) in [6, 6.07) is -1.24. The molecule has 0 spiro atoms. The molecular weight excluding hydrogens is 186 g/mol. The minimum atomic E-state index is -0.982. The maximum atomic E-state index is 11.4. The number of aliphatic hydroxyl groups excluding tert-OH is 1. The van der Waals surface area contributed by atoms with Gasteiger partial charge in [-0.1, -0.05) is 0 Å². The van der Waals surface area contributed by atoms with E-state index in [0.29, 0.717) is 0 Å². The largest absolute Gasteiger partial charge is 0.394 e. The first-order valence-corrected chi connectivity index (χ1v) is 4.59. The molecule has 14 heavy (non-hydrogen) atoms. The third kappa shape index (κ3) is 2.68. The molecular formula is C8H15N3O3. The average Bonchev–Trinajstić information content (AvgIpc) is 2.65. The van der Waals surface area contributed by atoms with Gasteiger partial charge in [0.15, 0.2) is 0 Å². The monoisotopic (exact) mass is 201 g/mol. The van der Waals surface area contributed by atoms with Crippen LogP contribution in [0.3, 0.4) is 0 Å². The molecule has 6 heteroatoms. The van der Waals surface area contributed by atoms with Gasteiger partial charge in [-0.15, -0.1) is 0 Å². The third-order valence-corrected chi connectivity index (χ3v) is 2.22. The fraction of sp³-hybridized carbons (Fsp3) is 0.750. The molecule has 0 radical (unpaired) electrons. The maximum absolute atomic E-state index is 11.4. The Morgan fingerprint density at radius 3 is 2.79 bits per heavy atom. The molecule has 2 amide bonds. The number of nitrogens with two attached hydrogens (primary N) is 1. The fourth-order valence-electron chi connectivity index (χ4n) is 1.39. The molecule has 1 aliphatic rings. The van der Waals surface area contributed by atoms with Crippen molar-refractivity contribution in [3.05, 3.63) is 0 Å². The number of carbonyl (C=O) groups excluding carboxylic acids is 2. The minimum absolute atomic E-state index is 0.261. The van der Waals surface area contributed by atoms with E-state index >= 15 is 0 Å². The quantitative estimate of drug-likeness (QED) is 0.410. The predicted molar refractivity (Wildman–Crippen MR) is 49.2 cm³/mol. The second-order valence-electron chi connectivity index (χ2n) is 3.30. The van der Waals surface area contributed by atoms with Crippen LogP contribution in [0, 0.1) is 0 Å². The van der Waals surface area contributed by atoms with Crippen molar-refractivity contribution in [1.29, 1.82) is 0 Å². The summed E-state index contributed by atoms with van der Waals surface area (Å²) in [5, 5.41) is 14.1. The van der Waals surface area contributed by atoms with Gasteiger partial charge in [-0.2, -0.15) is 0 Å². The van der Waals surface area contributed by atoms with E-state index in [1.807, 2.05) is 0 Å². The van der Waals surface area contributed by atoms with Crippen LogP contribution >= 0.6 is 0 Å². The third-order valence-electron chi connectivity index (χ3n) is 2.22. The number of aliphatic hydroxyl groups is 1. The van der Waals surface area contributed by atoms with Crippen LogP contribution in [0.4, 0.5) is 0 Å². The molecule has 0 unspecified atom stereocenters. The van der Waals surface area contributed by atoms with E-state index in [1.165, 1.54) is 0 Å². The Kier molecular flexibility index (Phi) is 3.84. The summed E-state index contributed by atoms with van der Waals surface area (Å²) >= 11 is 0. The standard InChI is InChI=1S/C8H15N3O3/c9-7(13)6(4-12)11-8(14)5-2-1-3-10-5/h5-6,10,12H,1-4H2,(H2,9,13)(H,11,14)/t5-,6-/m0/s1. The lowest BCUT2D eigenvalue weighted by Gasteiger charge is -2.15. The van der Waals surface area contributed by atoms with E-state index in [2.05, 4.69) is 10.6 Å². The summed E-state index contributed by atoms with van der Waals surface area (Å²) in [4.78, 5) is 22.1. The minimum Gasteiger partial charge on any atom is -0.394 e. The van der Waals surface area contributed by atoms with Gasteiger partial charge in [-0.05, 0) is 19.4 Å². The van der Waals surface area contributed by atoms with E-state index in [9.17, 15) is 9.59 Å². The molecule has 0 aliphatic carbocycles. The summed E-state index contributed by atoms with van der Waals surface area (Å²) in [6.45, 7) is 0.340. The summed E-state index contributed by atoms with van der Waals surface area (Å²) in [7, 11) is 0. The first-order valence-electron chi connectivity index (χ1n) is 4.59. The molecule has 2 atom stereocenters. The smallest absolute Gasteiger partial charge is 0.242 e. The summed E-state index contributed by atoms with van der Waals surface area (Å²) in [6.07, 6.45) is 1.70. The lowest BCUT2D eigenvalue weighted by Crippen LogP contribution is -2.51. The molecule has 1 rings (SSSR count). The van der Waals surface area contributed by atoms with Crippen LogP contribution in [0.2, 0.25) is 0 Å². The van der Waals surface area contributed by atoms with Crippen LogP contribution in [-0.2, 0) is 9.59 Å². The molecule has 80 valence electrons. The van der Waals surface area contributed by atoms with Crippen LogP contribution in [0.15, 0.2) is 0 Å². The molecule has 1 saturated heterocycles. The average molecular weight is 201 g/mol. The highest BCUT2D eigenvalue weighted by molar-refractivity contribution is 5.89. The van der Waals surface area contributed by atoms with E-state index < -0.39 is 18.6 Å². The molecule has 6 nitrogen and oxygen atoms in total. The molecule has 0 aromatic carbocycles. The highest BCUT2D eigenvalue weighted by Gasteiger charge is 2.25. The SMILES string of the molecule is NC(=O)[C@H](CO)NC(=O)[C@@H]1CCCN1. The molecule has 5 N–H and O–H groups in total. The highest BCUT2D eigenvalue weighted by Crippen LogP contribution is 2.04. The van der Waals surface area contributed by atoms with Gasteiger partial charge in [0, 0.05) is 0 Å². The zero-order valence-corrected chi connectivity index (χ0v) is 7.82. The summed E-state index contributed by atoms with van der Waals surface area (Å²) in [5.41, 5.74) is 4.96. The lowest BCUT2D eigenvalue weighted by molar-refractivity contribution is -0.129. The zero-order valence-electron chi connectivity index (χ0n) is 7.82. The van der Waals surface area contributed by atoms with Crippen LogP contribution in [0.25, 0.3) is 0 Å². The molecule has 0 bridgehead atoms. The van der Waals surface area contributed by atoms with Crippen molar-refractivity contribution in [3.63, 3.8) is 0 Å². The number of rotatable bonds is 4. The van der Waals surface area contributed by atoms with Gasteiger partial charge in [0.2, 0.25) is 11.8 Å². The van der Waals surface area contributed by atoms with E-state index in [4.69, 9.17) is 10.8 Å². The fourth-order valence-corrected chi connectivity index (χ4v) is 1.39. The second-order valence-corrected chi connectivity index (χ2v) is 3.30. The molecule has 0 aromatic heterocycles. The second kappa shape index (κ2) is 4.92. The first-order chi connectivity index (χ1) is 6.65. The number of amides is 2. The molecule has 1 aliphatic heterocycles. The number of carbonyl (C=O) groups is 2. The van der Waals surface area contributed by atoms with E-state index in [0.717, 1.165) is 19.4 Å². The topological polar surface area (TPSA) is 104 Å². The van der Waals surface area contributed by atoms with Gasteiger partial charge in [-0.25, -0.2) is 0 Å². The van der Waals surface area contributed by atoms with E-state index in [1.54, 1.807) is 0 Å². The number of hydrogen-bond acceptors (Lipinski definition) is 4. The lowest BCUT2D eigenvalue weighted by atomic mass is 10.2. The molecule has 1 heterocycles. The van der Waals surface area contributed by atoms with Gasteiger partial charge in [0.1, 0.15) is 6.04 Å². The Labute approximate surface area is 81.8 Å². The van der Waals surface area contributed by atoms with Crippen LogP contribution in [-0.4, -0.2) is 42.2 Å². The van der Waals surface area contributed by atoms with Crippen molar-refractivity contribution in [2.45, 2.75) is 24.9 Å². The molecule has 0 saturated carbocycles. The van der Waals surface area contributed by atoms with Gasteiger partial charge in [0.05, 0.1) is 12.6 Å². The number of hydrogen-bond donors (Lipinski definition) is 4. The summed E-state index contributed by atoms with van der Waals surface area (Å²) < 4.78 is 0. The van der Waals surface area contributed by atoms with Crippen LogP contribution in [0.5, 0.6) is 0 Å². The van der Waals surface area contributed by atoms with Crippen LogP contribution < -0.4 is 16.4 Å². The van der Waals surface area contributed by atoms with Gasteiger partial charge >= 0.3 is 0 Å². The normalized spacial score (nSPS) is 23.1. The highest BCUT2D eigenvalue weighted by atomic mass is 16.3. The van der Waals surface area contributed by atoms with Crippen molar-refractivity contribution >= 4 is 11.8 Å². The first kappa shape index (κ1) is 10.9. The van der Waals surface area contributed by atoms with Gasteiger partial charge in [-0.3, -0.25) is 9.59 Å². The Bertz CT molecular complexity index is 226. The summed E-state index contributed by atoms with van der Waals surface area (Å²) in [5.74, 6) is -1.00. The molecule has 1 fully saturated rings. The maximum Gasteiger partial charge on any atom is 0.242 e. The Morgan fingerprint density at radius 2 is 2.36 bits per heavy atom. The predicted octanol–water partition coefficient (Wildman–Crippen LogP) is -2.30. The van der Waals surface area contributed by atoms with Crippen molar-refractivity contribution in [2.75, 3.05) is 13.2 Å². The molecule has 0 aromatic rings. The number of primary amides is 1. The van der Waals surface area contributed by atoms with Crippen molar-refractivity contribution < 1.29 is 14.7 Å². The number of nitrogens with one attached hydrogen (secondary N) is 2. The van der Waals surface area contributed by atoms with Gasteiger partial charge < -0.3 is 21.5 Å². The van der Waals surface area contributed by atoms with E-state index in [-0.39, 0.29) is 11.9 Å². The van der Waals surface area contributed by atoms with Crippen LogP contribution in [0.1, 0.15) is 12.8 Å². The zero-order chi connectivity index (χ0) is 10.6. The van der Waals surface area contributed by atoms with Crippen molar-refractivity contribution in [3.8, 4) is 0 Å². The Morgan fingerprint density at radius 1 is 1.64 bits per heavy atom. The van der Waals surface area contributed by atoms with Gasteiger partial charge in [0.25, 0.3) is 0 Å². The Balaban J connectivity index is 2.41. The van der Waals surface area contributed by atoms with Crippen molar-refractivity contribution in [2.24, 2.45) is 5.73 Å².